The van der Waals surface area contributed by atoms with Gasteiger partial charge in [-0.3, -0.25) is 4.79 Å². The summed E-state index contributed by atoms with van der Waals surface area (Å²) in [7, 11) is 0. The highest BCUT2D eigenvalue weighted by atomic mass is 32.2. The lowest BCUT2D eigenvalue weighted by atomic mass is 10.00. The van der Waals surface area contributed by atoms with Crippen LogP contribution in [0.5, 0.6) is 0 Å². The summed E-state index contributed by atoms with van der Waals surface area (Å²) in [5.41, 5.74) is -1.46. The summed E-state index contributed by atoms with van der Waals surface area (Å²) in [4.78, 5) is 11.4. The number of alkyl halides is 1. The number of halogens is 1. The molecule has 0 aromatic heterocycles. The third-order valence-electron chi connectivity index (χ3n) is 1.86. The Bertz CT molecular complexity index is 310. The Kier molecular flexibility index (Phi) is 3.09. The van der Waals surface area contributed by atoms with Gasteiger partial charge in [0.1, 0.15) is 0 Å². The van der Waals surface area contributed by atoms with Crippen molar-refractivity contribution in [3.05, 3.63) is 29.8 Å². The number of carbonyl (C=O) groups excluding carboxylic acids is 1. The van der Waals surface area contributed by atoms with Gasteiger partial charge >= 0.3 is 0 Å². The second-order valence-corrected chi connectivity index (χ2v) is 3.81. The van der Waals surface area contributed by atoms with E-state index in [4.69, 9.17) is 0 Å². The number of hydrogen-bond donors (Lipinski definition) is 0. The van der Waals surface area contributed by atoms with Crippen LogP contribution >= 0.6 is 11.8 Å². The predicted octanol–water partition coefficient (Wildman–Crippen LogP) is 2.79. The van der Waals surface area contributed by atoms with E-state index in [0.29, 0.717) is 11.8 Å². The van der Waals surface area contributed by atoms with E-state index in [9.17, 15) is 9.18 Å². The number of hydrogen-bond acceptors (Lipinski definition) is 2. The van der Waals surface area contributed by atoms with Crippen LogP contribution in [0.25, 0.3) is 0 Å². The Morgan fingerprint density at radius 1 is 1.54 bits per heavy atom. The SMILES string of the molecule is CSc1cccc(C(C)(F)C=O)c1. The molecule has 1 aromatic rings. The molecule has 3 heteroatoms. The Balaban J connectivity index is 3.08. The molecule has 0 saturated carbocycles. The van der Waals surface area contributed by atoms with Crippen molar-refractivity contribution < 1.29 is 9.18 Å². The number of rotatable bonds is 3. The third-order valence-corrected chi connectivity index (χ3v) is 2.58. The second kappa shape index (κ2) is 3.92. The minimum Gasteiger partial charge on any atom is -0.299 e. The summed E-state index contributed by atoms with van der Waals surface area (Å²) in [5, 5.41) is 0. The van der Waals surface area contributed by atoms with Crippen LogP contribution in [0.15, 0.2) is 29.2 Å². The smallest absolute Gasteiger partial charge is 0.188 e. The standard InChI is InChI=1S/C10H11FOS/c1-10(11,7-12)8-4-3-5-9(6-8)13-2/h3-7H,1-2H3. The molecule has 0 saturated heterocycles. The Morgan fingerprint density at radius 3 is 2.77 bits per heavy atom. The first-order valence-corrected chi connectivity index (χ1v) is 5.12. The minimum absolute atomic E-state index is 0.326. The van der Waals surface area contributed by atoms with Gasteiger partial charge in [-0.2, -0.15) is 0 Å². The van der Waals surface area contributed by atoms with E-state index in [-0.39, 0.29) is 0 Å². The minimum atomic E-state index is -1.87. The first-order valence-electron chi connectivity index (χ1n) is 3.90. The van der Waals surface area contributed by atoms with Gasteiger partial charge in [0.05, 0.1) is 0 Å². The maximum absolute atomic E-state index is 13.5. The lowest BCUT2D eigenvalue weighted by Crippen LogP contribution is -2.16. The average Bonchev–Trinajstić information content (AvgIpc) is 2.18. The molecule has 1 rings (SSSR count). The largest absolute Gasteiger partial charge is 0.299 e. The van der Waals surface area contributed by atoms with Gasteiger partial charge in [0.15, 0.2) is 12.0 Å². The van der Waals surface area contributed by atoms with Gasteiger partial charge in [0.2, 0.25) is 0 Å². The molecule has 1 aromatic carbocycles. The lowest BCUT2D eigenvalue weighted by molar-refractivity contribution is -0.117. The summed E-state index contributed by atoms with van der Waals surface area (Å²) in [6.45, 7) is 1.26. The van der Waals surface area contributed by atoms with Crippen LogP contribution < -0.4 is 0 Å². The summed E-state index contributed by atoms with van der Waals surface area (Å²) >= 11 is 1.53. The molecule has 0 fully saturated rings. The maximum atomic E-state index is 13.5. The zero-order valence-electron chi connectivity index (χ0n) is 7.58. The van der Waals surface area contributed by atoms with Crippen molar-refractivity contribution in [2.24, 2.45) is 0 Å². The molecule has 0 N–H and O–H groups in total. The molecule has 0 bridgehead atoms. The summed E-state index contributed by atoms with van der Waals surface area (Å²) < 4.78 is 13.5. The van der Waals surface area contributed by atoms with E-state index >= 15 is 0 Å². The third kappa shape index (κ3) is 2.31. The summed E-state index contributed by atoms with van der Waals surface area (Å²) in [5.74, 6) is 0. The predicted molar refractivity (Wildman–Crippen MR) is 52.7 cm³/mol. The molecule has 13 heavy (non-hydrogen) atoms. The van der Waals surface area contributed by atoms with Gasteiger partial charge < -0.3 is 0 Å². The first-order chi connectivity index (χ1) is 6.10. The van der Waals surface area contributed by atoms with Crippen molar-refractivity contribution in [2.45, 2.75) is 17.5 Å². The molecule has 0 aliphatic rings. The van der Waals surface area contributed by atoms with Crippen LogP contribution in [0.4, 0.5) is 4.39 Å². The van der Waals surface area contributed by atoms with E-state index in [2.05, 4.69) is 0 Å². The fourth-order valence-corrected chi connectivity index (χ4v) is 1.45. The molecule has 70 valence electrons. The Morgan fingerprint density at radius 2 is 2.23 bits per heavy atom. The van der Waals surface area contributed by atoms with Gasteiger partial charge in [-0.25, -0.2) is 4.39 Å². The van der Waals surface area contributed by atoms with Gasteiger partial charge in [-0.1, -0.05) is 12.1 Å². The monoisotopic (exact) mass is 198 g/mol. The zero-order chi connectivity index (χ0) is 9.90. The van der Waals surface area contributed by atoms with Crippen LogP contribution in [-0.4, -0.2) is 12.5 Å². The van der Waals surface area contributed by atoms with Crippen LogP contribution in [0.3, 0.4) is 0 Å². The Labute approximate surface area is 81.3 Å². The highest BCUT2D eigenvalue weighted by molar-refractivity contribution is 7.98. The van der Waals surface area contributed by atoms with Crippen LogP contribution in [-0.2, 0) is 10.5 Å². The summed E-state index contributed by atoms with van der Waals surface area (Å²) in [6.07, 6.45) is 2.24. The van der Waals surface area contributed by atoms with Crippen LogP contribution in [0, 0.1) is 0 Å². The van der Waals surface area contributed by atoms with E-state index in [1.165, 1.54) is 18.7 Å². The molecule has 0 aliphatic carbocycles. The van der Waals surface area contributed by atoms with Crippen molar-refractivity contribution in [1.82, 2.24) is 0 Å². The van der Waals surface area contributed by atoms with Crippen molar-refractivity contribution >= 4 is 18.0 Å². The molecule has 0 amide bonds. The van der Waals surface area contributed by atoms with Gasteiger partial charge in [0.25, 0.3) is 0 Å². The number of thioether (sulfide) groups is 1. The summed E-state index contributed by atoms with van der Waals surface area (Å²) in [6, 6.07) is 6.95. The molecule has 0 radical (unpaired) electrons. The van der Waals surface area contributed by atoms with Gasteiger partial charge in [-0.15, -0.1) is 11.8 Å². The van der Waals surface area contributed by atoms with E-state index in [0.717, 1.165) is 4.90 Å². The molecular formula is C10H11FOS. The molecule has 1 nitrogen and oxygen atoms in total. The van der Waals surface area contributed by atoms with Crippen molar-refractivity contribution in [3.8, 4) is 0 Å². The zero-order valence-corrected chi connectivity index (χ0v) is 8.40. The second-order valence-electron chi connectivity index (χ2n) is 2.93. The van der Waals surface area contributed by atoms with E-state index in [1.54, 1.807) is 18.2 Å². The first kappa shape index (κ1) is 10.3. The quantitative estimate of drug-likeness (QED) is 0.548. The van der Waals surface area contributed by atoms with E-state index in [1.807, 2.05) is 12.3 Å². The fourth-order valence-electron chi connectivity index (χ4n) is 0.995. The van der Waals surface area contributed by atoms with Gasteiger partial charge in [0, 0.05) is 4.90 Å². The molecule has 0 spiro atoms. The van der Waals surface area contributed by atoms with Crippen molar-refractivity contribution in [1.29, 1.82) is 0 Å². The van der Waals surface area contributed by atoms with Crippen LogP contribution in [0.1, 0.15) is 12.5 Å². The van der Waals surface area contributed by atoms with Crippen molar-refractivity contribution in [3.63, 3.8) is 0 Å². The molecule has 1 atom stereocenters. The lowest BCUT2D eigenvalue weighted by Gasteiger charge is -2.13. The molecular weight excluding hydrogens is 187 g/mol. The average molecular weight is 198 g/mol. The fraction of sp³-hybridized carbons (Fsp3) is 0.300. The number of aldehydes is 1. The highest BCUT2D eigenvalue weighted by Gasteiger charge is 2.24. The molecule has 0 heterocycles. The Hall–Kier alpha value is -0.830. The number of benzene rings is 1. The highest BCUT2D eigenvalue weighted by Crippen LogP contribution is 2.26. The normalized spacial score (nSPS) is 15.0. The van der Waals surface area contributed by atoms with E-state index < -0.39 is 5.67 Å². The number of carbonyl (C=O) groups is 1. The van der Waals surface area contributed by atoms with Crippen molar-refractivity contribution in [2.75, 3.05) is 6.26 Å². The molecule has 1 unspecified atom stereocenters. The topological polar surface area (TPSA) is 17.1 Å². The maximum Gasteiger partial charge on any atom is 0.188 e. The molecule has 0 aliphatic heterocycles. The van der Waals surface area contributed by atoms with Gasteiger partial charge in [-0.05, 0) is 30.9 Å². The van der Waals surface area contributed by atoms with Crippen LogP contribution in [0.2, 0.25) is 0 Å².